The fourth-order valence-corrected chi connectivity index (χ4v) is 2.36. The van der Waals surface area contributed by atoms with Crippen molar-refractivity contribution in [2.45, 2.75) is 19.4 Å². The monoisotopic (exact) mass is 344 g/mol. The molecule has 1 aromatic heterocycles. The van der Waals surface area contributed by atoms with E-state index in [0.717, 1.165) is 12.1 Å². The van der Waals surface area contributed by atoms with Crippen LogP contribution in [0.1, 0.15) is 12.8 Å². The molecule has 2 aromatic carbocycles. The predicted molar refractivity (Wildman–Crippen MR) is 88.0 cm³/mol. The molecular formula is C17H14F2N4O2. The van der Waals surface area contributed by atoms with Crippen LogP contribution < -0.4 is 10.9 Å². The quantitative estimate of drug-likeness (QED) is 0.771. The maximum Gasteiger partial charge on any atom is 0.277 e. The van der Waals surface area contributed by atoms with Gasteiger partial charge in [-0.3, -0.25) is 9.59 Å². The van der Waals surface area contributed by atoms with Crippen LogP contribution in [0.5, 0.6) is 0 Å². The van der Waals surface area contributed by atoms with Crippen molar-refractivity contribution in [1.29, 1.82) is 0 Å². The molecule has 1 heterocycles. The van der Waals surface area contributed by atoms with Crippen LogP contribution in [0.3, 0.4) is 0 Å². The molecule has 0 atom stereocenters. The number of fused-ring (bicyclic) bond motifs is 1. The standard InChI is InChI=1S/C17H14F2N4O2/c18-11-7-8-15(13(19)10-11)20-16(24)6-3-9-23-17(25)12-4-1-2-5-14(12)21-22-23/h1-2,4-5,7-8,10H,3,6,9H2,(H,20,24). The number of carbonyl (C=O) groups is 1. The Morgan fingerprint density at radius 2 is 1.96 bits per heavy atom. The van der Waals surface area contributed by atoms with E-state index in [2.05, 4.69) is 15.6 Å². The zero-order valence-electron chi connectivity index (χ0n) is 13.1. The first-order chi connectivity index (χ1) is 12.0. The third-order valence-electron chi connectivity index (χ3n) is 3.61. The van der Waals surface area contributed by atoms with Gasteiger partial charge in [0.05, 0.1) is 11.1 Å². The second-order valence-corrected chi connectivity index (χ2v) is 5.41. The highest BCUT2D eigenvalue weighted by molar-refractivity contribution is 5.90. The van der Waals surface area contributed by atoms with E-state index in [4.69, 9.17) is 0 Å². The van der Waals surface area contributed by atoms with E-state index < -0.39 is 17.5 Å². The van der Waals surface area contributed by atoms with Crippen molar-refractivity contribution in [3.63, 3.8) is 0 Å². The molecule has 0 unspecified atom stereocenters. The van der Waals surface area contributed by atoms with Crippen molar-refractivity contribution in [2.75, 3.05) is 5.32 Å². The van der Waals surface area contributed by atoms with E-state index in [-0.39, 0.29) is 24.2 Å². The lowest BCUT2D eigenvalue weighted by Crippen LogP contribution is -2.25. The maximum absolute atomic E-state index is 13.5. The average Bonchev–Trinajstić information content (AvgIpc) is 2.60. The van der Waals surface area contributed by atoms with Gasteiger partial charge < -0.3 is 5.32 Å². The molecular weight excluding hydrogens is 330 g/mol. The second kappa shape index (κ2) is 7.16. The summed E-state index contributed by atoms with van der Waals surface area (Å²) >= 11 is 0. The van der Waals surface area contributed by atoms with Crippen LogP contribution in [0, 0.1) is 11.6 Å². The van der Waals surface area contributed by atoms with Gasteiger partial charge in [-0.15, -0.1) is 5.10 Å². The molecule has 128 valence electrons. The predicted octanol–water partition coefficient (Wildman–Crippen LogP) is 2.49. The van der Waals surface area contributed by atoms with Crippen LogP contribution >= 0.6 is 0 Å². The normalized spacial score (nSPS) is 10.8. The number of nitrogens with one attached hydrogen (secondary N) is 1. The van der Waals surface area contributed by atoms with Crippen LogP contribution in [0.2, 0.25) is 0 Å². The van der Waals surface area contributed by atoms with Crippen molar-refractivity contribution in [2.24, 2.45) is 0 Å². The minimum absolute atomic E-state index is 0.0533. The summed E-state index contributed by atoms with van der Waals surface area (Å²) in [6, 6.07) is 9.76. The summed E-state index contributed by atoms with van der Waals surface area (Å²) in [7, 11) is 0. The Bertz CT molecular complexity index is 988. The minimum atomic E-state index is -0.843. The summed E-state index contributed by atoms with van der Waals surface area (Å²) in [5, 5.41) is 10.6. The maximum atomic E-state index is 13.5. The highest BCUT2D eigenvalue weighted by Crippen LogP contribution is 2.15. The number of halogens is 2. The lowest BCUT2D eigenvalue weighted by Gasteiger charge is -2.07. The summed E-state index contributed by atoms with van der Waals surface area (Å²) in [6.45, 7) is 0.204. The van der Waals surface area contributed by atoms with Crippen LogP contribution in [0.15, 0.2) is 47.3 Å². The van der Waals surface area contributed by atoms with Crippen LogP contribution in [0.4, 0.5) is 14.5 Å². The third-order valence-corrected chi connectivity index (χ3v) is 3.61. The molecule has 0 spiro atoms. The number of amides is 1. The average molecular weight is 344 g/mol. The third kappa shape index (κ3) is 3.85. The first-order valence-corrected chi connectivity index (χ1v) is 7.62. The van der Waals surface area contributed by atoms with Gasteiger partial charge in [-0.2, -0.15) is 0 Å². The topological polar surface area (TPSA) is 76.9 Å². The Morgan fingerprint density at radius 1 is 1.16 bits per heavy atom. The van der Waals surface area contributed by atoms with Crippen LogP contribution in [0.25, 0.3) is 10.9 Å². The van der Waals surface area contributed by atoms with Gasteiger partial charge in [0.2, 0.25) is 5.91 Å². The molecule has 0 aliphatic rings. The summed E-state index contributed by atoms with van der Waals surface area (Å²) in [6.07, 6.45) is 0.374. The van der Waals surface area contributed by atoms with Gasteiger partial charge in [-0.05, 0) is 30.7 Å². The Balaban J connectivity index is 1.60. The molecule has 3 aromatic rings. The molecule has 6 nitrogen and oxygen atoms in total. The number of nitrogens with zero attached hydrogens (tertiary/aromatic N) is 3. The Kier molecular flexibility index (Phi) is 4.78. The molecule has 0 saturated heterocycles. The first kappa shape index (κ1) is 16.7. The molecule has 0 aliphatic heterocycles. The summed E-state index contributed by atoms with van der Waals surface area (Å²) < 4.78 is 27.5. The molecule has 0 aliphatic carbocycles. The van der Waals surface area contributed by atoms with Gasteiger partial charge in [-0.25, -0.2) is 13.5 Å². The van der Waals surface area contributed by atoms with Crippen molar-refractivity contribution in [3.8, 4) is 0 Å². The van der Waals surface area contributed by atoms with E-state index in [1.807, 2.05) is 0 Å². The molecule has 0 radical (unpaired) electrons. The highest BCUT2D eigenvalue weighted by Gasteiger charge is 2.09. The van der Waals surface area contributed by atoms with E-state index in [1.165, 1.54) is 4.68 Å². The SMILES string of the molecule is O=C(CCCn1nnc2ccccc2c1=O)Nc1ccc(F)cc1F. The molecule has 25 heavy (non-hydrogen) atoms. The van der Waals surface area contributed by atoms with Crippen molar-refractivity contribution in [1.82, 2.24) is 15.0 Å². The largest absolute Gasteiger partial charge is 0.324 e. The number of aryl methyl sites for hydroxylation is 1. The Morgan fingerprint density at radius 3 is 2.76 bits per heavy atom. The number of hydrogen-bond donors (Lipinski definition) is 1. The zero-order valence-corrected chi connectivity index (χ0v) is 13.1. The second-order valence-electron chi connectivity index (χ2n) is 5.41. The van der Waals surface area contributed by atoms with Gasteiger partial charge in [0.1, 0.15) is 17.2 Å². The molecule has 1 N–H and O–H groups in total. The van der Waals surface area contributed by atoms with Crippen LogP contribution in [-0.2, 0) is 11.3 Å². The fourth-order valence-electron chi connectivity index (χ4n) is 2.36. The van der Waals surface area contributed by atoms with Crippen LogP contribution in [-0.4, -0.2) is 20.9 Å². The summed E-state index contributed by atoms with van der Waals surface area (Å²) in [5.74, 6) is -2.00. The number of carbonyl (C=O) groups excluding carboxylic acids is 1. The highest BCUT2D eigenvalue weighted by atomic mass is 19.1. The summed E-state index contributed by atoms with van der Waals surface area (Å²) in [4.78, 5) is 24.1. The minimum Gasteiger partial charge on any atom is -0.324 e. The lowest BCUT2D eigenvalue weighted by atomic mass is 10.2. The van der Waals surface area contributed by atoms with Crippen molar-refractivity contribution < 1.29 is 13.6 Å². The van der Waals surface area contributed by atoms with E-state index >= 15 is 0 Å². The number of anilines is 1. The van der Waals surface area contributed by atoms with E-state index in [9.17, 15) is 18.4 Å². The smallest absolute Gasteiger partial charge is 0.277 e. The number of hydrogen-bond acceptors (Lipinski definition) is 4. The molecule has 0 fully saturated rings. The number of benzene rings is 2. The molecule has 0 saturated carbocycles. The van der Waals surface area contributed by atoms with Gasteiger partial charge >= 0.3 is 0 Å². The van der Waals surface area contributed by atoms with Gasteiger partial charge in [-0.1, -0.05) is 17.3 Å². The Hall–Kier alpha value is -3.16. The molecule has 3 rings (SSSR count). The number of aromatic nitrogens is 3. The first-order valence-electron chi connectivity index (χ1n) is 7.62. The zero-order chi connectivity index (χ0) is 17.8. The van der Waals surface area contributed by atoms with Gasteiger partial charge in [0.25, 0.3) is 5.56 Å². The molecule has 1 amide bonds. The van der Waals surface area contributed by atoms with E-state index in [0.29, 0.717) is 23.4 Å². The van der Waals surface area contributed by atoms with E-state index in [1.54, 1.807) is 24.3 Å². The summed E-state index contributed by atoms with van der Waals surface area (Å²) in [5.41, 5.74) is 0.137. The van der Waals surface area contributed by atoms with Gasteiger partial charge in [0, 0.05) is 19.0 Å². The number of rotatable bonds is 5. The fraction of sp³-hybridized carbons (Fsp3) is 0.176. The Labute approximate surface area is 141 Å². The molecule has 8 heteroatoms. The molecule has 0 bridgehead atoms. The van der Waals surface area contributed by atoms with Gasteiger partial charge in [0.15, 0.2) is 0 Å². The van der Waals surface area contributed by atoms with Crippen molar-refractivity contribution in [3.05, 3.63) is 64.5 Å². The van der Waals surface area contributed by atoms with Crippen molar-refractivity contribution >= 4 is 22.5 Å². The lowest BCUT2D eigenvalue weighted by molar-refractivity contribution is -0.116.